The monoisotopic (exact) mass is 204 g/mol. The molecule has 6 nitrogen and oxygen atoms in total. The summed E-state index contributed by atoms with van der Waals surface area (Å²) in [6, 6.07) is 0. The van der Waals surface area contributed by atoms with Gasteiger partial charge in [0.05, 0.1) is 13.2 Å². The van der Waals surface area contributed by atoms with Gasteiger partial charge >= 0.3 is 12.3 Å². The Bertz CT molecular complexity index is 188. The number of rotatable bonds is 6. The average molecular weight is 204 g/mol. The molecule has 0 fully saturated rings. The van der Waals surface area contributed by atoms with E-state index in [1.165, 1.54) is 0 Å². The fourth-order valence-corrected chi connectivity index (χ4v) is 0.664. The number of hydrogen-bond acceptors (Lipinski definition) is 4. The Morgan fingerprint density at radius 2 is 1.29 bits per heavy atom. The Labute approximate surface area is 80.7 Å². The molecule has 80 valence electrons. The van der Waals surface area contributed by atoms with Gasteiger partial charge in [-0.25, -0.2) is 9.59 Å². The Morgan fingerprint density at radius 3 is 1.57 bits per heavy atom. The molecule has 0 aliphatic carbocycles. The quantitative estimate of drug-likeness (QED) is 0.388. The van der Waals surface area contributed by atoms with E-state index < -0.39 is 12.3 Å². The predicted octanol–water partition coefficient (Wildman–Crippen LogP) is 1.71. The van der Waals surface area contributed by atoms with Crippen LogP contribution in [0.25, 0.3) is 0 Å². The summed E-state index contributed by atoms with van der Waals surface area (Å²) in [6.07, 6.45) is 1.75. The van der Waals surface area contributed by atoms with Crippen LogP contribution in [0.2, 0.25) is 0 Å². The van der Waals surface area contributed by atoms with Crippen molar-refractivity contribution in [2.24, 2.45) is 0 Å². The van der Waals surface area contributed by atoms with Crippen molar-refractivity contribution in [3.8, 4) is 0 Å². The first-order valence-electron chi connectivity index (χ1n) is 3.99. The topological polar surface area (TPSA) is 93.1 Å². The highest BCUT2D eigenvalue weighted by Crippen LogP contribution is 1.90. The van der Waals surface area contributed by atoms with Gasteiger partial charge < -0.3 is 19.7 Å². The summed E-state index contributed by atoms with van der Waals surface area (Å²) in [5, 5.41) is 16.2. The van der Waals surface area contributed by atoms with Crippen LogP contribution in [0.15, 0.2) is 12.2 Å². The van der Waals surface area contributed by atoms with E-state index in [0.717, 1.165) is 0 Å². The minimum Gasteiger partial charge on any atom is -0.450 e. The van der Waals surface area contributed by atoms with Crippen LogP contribution in [0.4, 0.5) is 9.59 Å². The Morgan fingerprint density at radius 1 is 0.929 bits per heavy atom. The van der Waals surface area contributed by atoms with E-state index in [2.05, 4.69) is 9.47 Å². The molecule has 0 aromatic rings. The summed E-state index contributed by atoms with van der Waals surface area (Å²) in [5.41, 5.74) is 0. The van der Waals surface area contributed by atoms with Crippen LogP contribution in [-0.2, 0) is 9.47 Å². The number of carboxylic acid groups (broad SMARTS) is 2. The summed E-state index contributed by atoms with van der Waals surface area (Å²) < 4.78 is 8.45. The SMILES string of the molecule is O=C(O)OCCC=CCCOC(=O)O. The van der Waals surface area contributed by atoms with E-state index in [0.29, 0.717) is 12.8 Å². The molecule has 0 aliphatic rings. The lowest BCUT2D eigenvalue weighted by Gasteiger charge is -1.96. The Kier molecular flexibility index (Phi) is 6.93. The Balaban J connectivity index is 3.19. The first kappa shape index (κ1) is 12.3. The molecule has 0 saturated carbocycles. The summed E-state index contributed by atoms with van der Waals surface area (Å²) in [6.45, 7) is 0.206. The zero-order chi connectivity index (χ0) is 10.8. The van der Waals surface area contributed by atoms with E-state index in [4.69, 9.17) is 10.2 Å². The second-order valence-corrected chi connectivity index (χ2v) is 2.28. The summed E-state index contributed by atoms with van der Waals surface area (Å²) in [5.74, 6) is 0. The first-order chi connectivity index (χ1) is 6.63. The molecule has 14 heavy (non-hydrogen) atoms. The van der Waals surface area contributed by atoms with Gasteiger partial charge in [0.2, 0.25) is 0 Å². The zero-order valence-electron chi connectivity index (χ0n) is 7.51. The molecule has 0 aliphatic heterocycles. The standard InChI is InChI=1S/C8H12O6/c9-7(10)13-5-3-1-2-4-6-14-8(11)12/h1-2H,3-6H2,(H,9,10)(H,11,12). The highest BCUT2D eigenvalue weighted by molar-refractivity contribution is 5.56. The highest BCUT2D eigenvalue weighted by atomic mass is 16.7. The minimum atomic E-state index is -1.30. The van der Waals surface area contributed by atoms with E-state index in [1.807, 2.05) is 0 Å². The van der Waals surface area contributed by atoms with Crippen LogP contribution in [0.1, 0.15) is 12.8 Å². The molecule has 0 unspecified atom stereocenters. The van der Waals surface area contributed by atoms with Gasteiger partial charge in [-0.1, -0.05) is 12.2 Å². The van der Waals surface area contributed by atoms with Crippen molar-refractivity contribution in [3.05, 3.63) is 12.2 Å². The second-order valence-electron chi connectivity index (χ2n) is 2.28. The van der Waals surface area contributed by atoms with Crippen LogP contribution >= 0.6 is 0 Å². The maximum Gasteiger partial charge on any atom is 0.505 e. The number of ether oxygens (including phenoxy) is 2. The summed E-state index contributed by atoms with van der Waals surface area (Å²) in [4.78, 5) is 19.8. The molecule has 0 aromatic heterocycles. The third-order valence-electron chi connectivity index (χ3n) is 1.19. The van der Waals surface area contributed by atoms with Gasteiger partial charge in [0.25, 0.3) is 0 Å². The molecule has 0 rings (SSSR count). The van der Waals surface area contributed by atoms with Gasteiger partial charge in [-0.05, 0) is 12.8 Å². The van der Waals surface area contributed by atoms with Gasteiger partial charge in [-0.3, -0.25) is 0 Å². The fraction of sp³-hybridized carbons (Fsp3) is 0.500. The van der Waals surface area contributed by atoms with Crippen LogP contribution in [0.5, 0.6) is 0 Å². The van der Waals surface area contributed by atoms with Crippen LogP contribution in [0.3, 0.4) is 0 Å². The van der Waals surface area contributed by atoms with Crippen LogP contribution in [-0.4, -0.2) is 35.7 Å². The van der Waals surface area contributed by atoms with Crippen molar-refractivity contribution < 1.29 is 29.3 Å². The zero-order valence-corrected chi connectivity index (χ0v) is 7.51. The second kappa shape index (κ2) is 7.90. The van der Waals surface area contributed by atoms with Crippen molar-refractivity contribution in [1.29, 1.82) is 0 Å². The molecule has 0 heterocycles. The normalized spacial score (nSPS) is 10.0. The molecule has 0 aromatic carbocycles. The van der Waals surface area contributed by atoms with E-state index >= 15 is 0 Å². The third kappa shape index (κ3) is 10.3. The number of carbonyl (C=O) groups is 2. The molecular weight excluding hydrogens is 192 g/mol. The van der Waals surface area contributed by atoms with Crippen molar-refractivity contribution in [3.63, 3.8) is 0 Å². The van der Waals surface area contributed by atoms with Crippen molar-refractivity contribution in [2.75, 3.05) is 13.2 Å². The van der Waals surface area contributed by atoms with Crippen molar-refractivity contribution in [2.45, 2.75) is 12.8 Å². The fourth-order valence-electron chi connectivity index (χ4n) is 0.664. The molecule has 0 saturated heterocycles. The van der Waals surface area contributed by atoms with Crippen LogP contribution in [0, 0.1) is 0 Å². The van der Waals surface area contributed by atoms with E-state index in [9.17, 15) is 9.59 Å². The lowest BCUT2D eigenvalue weighted by Crippen LogP contribution is -2.01. The maximum atomic E-state index is 9.88. The largest absolute Gasteiger partial charge is 0.505 e. The summed E-state index contributed by atoms with van der Waals surface area (Å²) >= 11 is 0. The molecule has 0 amide bonds. The highest BCUT2D eigenvalue weighted by Gasteiger charge is 1.93. The smallest absolute Gasteiger partial charge is 0.450 e. The molecular formula is C8H12O6. The number of hydrogen-bond donors (Lipinski definition) is 2. The van der Waals surface area contributed by atoms with E-state index in [1.54, 1.807) is 12.2 Å². The minimum absolute atomic E-state index is 0.103. The van der Waals surface area contributed by atoms with Crippen molar-refractivity contribution >= 4 is 12.3 Å². The van der Waals surface area contributed by atoms with Crippen LogP contribution < -0.4 is 0 Å². The molecule has 0 radical (unpaired) electrons. The van der Waals surface area contributed by atoms with E-state index in [-0.39, 0.29) is 13.2 Å². The molecule has 2 N–H and O–H groups in total. The summed E-state index contributed by atoms with van der Waals surface area (Å²) in [7, 11) is 0. The van der Waals surface area contributed by atoms with Gasteiger partial charge in [-0.2, -0.15) is 0 Å². The lowest BCUT2D eigenvalue weighted by atomic mass is 10.3. The molecule has 0 atom stereocenters. The predicted molar refractivity (Wildman–Crippen MR) is 46.3 cm³/mol. The van der Waals surface area contributed by atoms with Gasteiger partial charge in [0.1, 0.15) is 0 Å². The maximum absolute atomic E-state index is 9.88. The third-order valence-corrected chi connectivity index (χ3v) is 1.19. The lowest BCUT2D eigenvalue weighted by molar-refractivity contribution is 0.0912. The van der Waals surface area contributed by atoms with Crippen molar-refractivity contribution in [1.82, 2.24) is 0 Å². The van der Waals surface area contributed by atoms with Gasteiger partial charge in [0.15, 0.2) is 0 Å². The van der Waals surface area contributed by atoms with Gasteiger partial charge in [-0.15, -0.1) is 0 Å². The average Bonchev–Trinajstić information content (AvgIpc) is 2.08. The first-order valence-corrected chi connectivity index (χ1v) is 3.99. The molecule has 0 spiro atoms. The Hall–Kier alpha value is -1.72. The molecule has 6 heteroatoms. The van der Waals surface area contributed by atoms with Gasteiger partial charge in [0, 0.05) is 0 Å². The molecule has 0 bridgehead atoms.